The molecular weight excluding hydrogens is 349 g/mol. The molecule has 0 saturated carbocycles. The van der Waals surface area contributed by atoms with Gasteiger partial charge in [-0.25, -0.2) is 9.37 Å². The van der Waals surface area contributed by atoms with E-state index < -0.39 is 0 Å². The van der Waals surface area contributed by atoms with Gasteiger partial charge >= 0.3 is 0 Å². The van der Waals surface area contributed by atoms with Crippen molar-refractivity contribution in [3.05, 3.63) is 64.9 Å². The van der Waals surface area contributed by atoms with E-state index in [1.807, 2.05) is 0 Å². The molecule has 0 aliphatic carbocycles. The van der Waals surface area contributed by atoms with Crippen LogP contribution in [0.2, 0.25) is 5.02 Å². The average Bonchev–Trinajstić information content (AvgIpc) is 3.03. The van der Waals surface area contributed by atoms with Crippen LogP contribution in [0.25, 0.3) is 11.4 Å². The second-order valence-electron chi connectivity index (χ2n) is 5.08. The van der Waals surface area contributed by atoms with E-state index in [1.165, 1.54) is 17.8 Å². The number of thioether (sulfide) groups is 1. The number of halogens is 2. The molecule has 122 valence electrons. The number of carbonyl (C=O) groups is 1. The molecule has 0 fully saturated rings. The van der Waals surface area contributed by atoms with Gasteiger partial charge in [0, 0.05) is 10.6 Å². The van der Waals surface area contributed by atoms with Gasteiger partial charge in [-0.3, -0.25) is 9.89 Å². The van der Waals surface area contributed by atoms with E-state index >= 15 is 0 Å². The highest BCUT2D eigenvalue weighted by molar-refractivity contribution is 8.00. The highest BCUT2D eigenvalue weighted by atomic mass is 35.5. The van der Waals surface area contributed by atoms with Crippen molar-refractivity contribution in [2.45, 2.75) is 17.3 Å². The Morgan fingerprint density at radius 1 is 1.21 bits per heavy atom. The van der Waals surface area contributed by atoms with Crippen LogP contribution in [0.15, 0.2) is 53.7 Å². The lowest BCUT2D eigenvalue weighted by atomic mass is 10.1. The molecular formula is C17H13ClFN3OS. The average molecular weight is 362 g/mol. The molecule has 0 aliphatic rings. The van der Waals surface area contributed by atoms with E-state index in [-0.39, 0.29) is 16.9 Å². The fraction of sp³-hybridized carbons (Fsp3) is 0.118. The second-order valence-corrected chi connectivity index (χ2v) is 6.82. The first-order valence-electron chi connectivity index (χ1n) is 7.18. The summed E-state index contributed by atoms with van der Waals surface area (Å²) < 4.78 is 13.8. The van der Waals surface area contributed by atoms with Crippen molar-refractivity contribution < 1.29 is 9.18 Å². The van der Waals surface area contributed by atoms with Crippen molar-refractivity contribution in [3.8, 4) is 11.4 Å². The molecule has 1 heterocycles. The Kier molecular flexibility index (Phi) is 4.97. The van der Waals surface area contributed by atoms with Crippen LogP contribution < -0.4 is 0 Å². The fourth-order valence-corrected chi connectivity index (χ4v) is 3.06. The van der Waals surface area contributed by atoms with Crippen LogP contribution in [0.3, 0.4) is 0 Å². The minimum Gasteiger partial charge on any atom is -0.293 e. The minimum absolute atomic E-state index is 0.0473. The van der Waals surface area contributed by atoms with Crippen molar-refractivity contribution >= 4 is 29.1 Å². The van der Waals surface area contributed by atoms with Crippen molar-refractivity contribution in [1.82, 2.24) is 15.2 Å². The highest BCUT2D eigenvalue weighted by Crippen LogP contribution is 2.26. The molecule has 7 heteroatoms. The monoisotopic (exact) mass is 361 g/mol. The number of Topliss-reactive ketones (excluding diaryl/α,β-unsaturated/α-hetero) is 1. The van der Waals surface area contributed by atoms with Crippen LogP contribution in [0.1, 0.15) is 17.3 Å². The summed E-state index contributed by atoms with van der Waals surface area (Å²) in [6, 6.07) is 13.0. The molecule has 0 spiro atoms. The Morgan fingerprint density at radius 2 is 1.92 bits per heavy atom. The van der Waals surface area contributed by atoms with Crippen LogP contribution in [-0.2, 0) is 0 Å². The molecule has 0 saturated heterocycles. The quantitative estimate of drug-likeness (QED) is 0.531. The number of aromatic amines is 1. The van der Waals surface area contributed by atoms with Gasteiger partial charge in [0.15, 0.2) is 11.6 Å². The van der Waals surface area contributed by atoms with Crippen molar-refractivity contribution in [1.29, 1.82) is 0 Å². The minimum atomic E-state index is -0.379. The number of benzene rings is 2. The zero-order valence-corrected chi connectivity index (χ0v) is 14.2. The maximum absolute atomic E-state index is 13.8. The van der Waals surface area contributed by atoms with Gasteiger partial charge in [0.2, 0.25) is 5.16 Å². The van der Waals surface area contributed by atoms with Crippen molar-refractivity contribution in [2.75, 3.05) is 0 Å². The van der Waals surface area contributed by atoms with Gasteiger partial charge < -0.3 is 0 Å². The maximum Gasteiger partial charge on any atom is 0.209 e. The van der Waals surface area contributed by atoms with E-state index in [2.05, 4.69) is 15.2 Å². The molecule has 0 bridgehead atoms. The van der Waals surface area contributed by atoms with E-state index in [0.29, 0.717) is 27.1 Å². The molecule has 1 N–H and O–H groups in total. The third-order valence-corrected chi connectivity index (χ3v) is 4.59. The topological polar surface area (TPSA) is 58.6 Å². The highest BCUT2D eigenvalue weighted by Gasteiger charge is 2.19. The number of nitrogens with one attached hydrogen (secondary N) is 1. The van der Waals surface area contributed by atoms with E-state index in [1.54, 1.807) is 49.4 Å². The number of aromatic nitrogens is 3. The summed E-state index contributed by atoms with van der Waals surface area (Å²) >= 11 is 7.04. The molecule has 0 unspecified atom stereocenters. The number of rotatable bonds is 5. The summed E-state index contributed by atoms with van der Waals surface area (Å²) in [6.07, 6.45) is 0. The lowest BCUT2D eigenvalue weighted by molar-refractivity contribution is 0.0994. The zero-order valence-electron chi connectivity index (χ0n) is 12.7. The van der Waals surface area contributed by atoms with Crippen LogP contribution >= 0.6 is 23.4 Å². The van der Waals surface area contributed by atoms with Gasteiger partial charge in [-0.05, 0) is 43.3 Å². The first kappa shape index (κ1) is 16.7. The number of ketones is 1. The summed E-state index contributed by atoms with van der Waals surface area (Å²) in [6.45, 7) is 1.78. The second kappa shape index (κ2) is 7.15. The number of H-pyrrole nitrogens is 1. The lowest BCUT2D eigenvalue weighted by Crippen LogP contribution is -2.13. The van der Waals surface area contributed by atoms with Crippen LogP contribution in [0, 0.1) is 5.82 Å². The lowest BCUT2D eigenvalue weighted by Gasteiger charge is -2.07. The largest absolute Gasteiger partial charge is 0.293 e. The first-order valence-corrected chi connectivity index (χ1v) is 8.44. The van der Waals surface area contributed by atoms with Crippen molar-refractivity contribution in [3.63, 3.8) is 0 Å². The summed E-state index contributed by atoms with van der Waals surface area (Å²) in [5, 5.41) is 7.35. The Hall–Kier alpha value is -2.18. The molecule has 0 amide bonds. The van der Waals surface area contributed by atoms with Gasteiger partial charge in [0.25, 0.3) is 0 Å². The normalized spacial score (nSPS) is 12.1. The van der Waals surface area contributed by atoms with E-state index in [0.717, 1.165) is 0 Å². The van der Waals surface area contributed by atoms with Crippen molar-refractivity contribution in [2.24, 2.45) is 0 Å². The van der Waals surface area contributed by atoms with Gasteiger partial charge in [-0.1, -0.05) is 35.5 Å². The number of carbonyl (C=O) groups excluding carboxylic acids is 1. The maximum atomic E-state index is 13.8. The standard InChI is InChI=1S/C17H13ClFN3OS/c1-10(15(23)11-6-8-12(18)9-7-11)24-17-20-16(21-22-17)13-4-2-3-5-14(13)19/h2-10H,1H3,(H,20,21,22)/t10-/m1/s1. The van der Waals surface area contributed by atoms with Crippen LogP contribution in [0.5, 0.6) is 0 Å². The molecule has 0 aliphatic heterocycles. The predicted molar refractivity (Wildman–Crippen MR) is 92.9 cm³/mol. The third-order valence-electron chi connectivity index (χ3n) is 3.37. The summed E-state index contributed by atoms with van der Waals surface area (Å²) in [7, 11) is 0. The molecule has 3 rings (SSSR count). The Bertz CT molecular complexity index is 866. The van der Waals surface area contributed by atoms with Gasteiger partial charge in [0.05, 0.1) is 10.8 Å². The fourth-order valence-electron chi connectivity index (χ4n) is 2.13. The Balaban J connectivity index is 1.73. The number of nitrogens with zero attached hydrogens (tertiary/aromatic N) is 2. The number of hydrogen-bond donors (Lipinski definition) is 1. The summed E-state index contributed by atoms with van der Waals surface area (Å²) in [5.41, 5.74) is 0.915. The zero-order chi connectivity index (χ0) is 17.1. The predicted octanol–water partition coefficient (Wildman–Crippen LogP) is 4.63. The van der Waals surface area contributed by atoms with Gasteiger partial charge in [-0.2, -0.15) is 0 Å². The summed E-state index contributed by atoms with van der Waals surface area (Å²) in [5.74, 6) is -0.0915. The Labute approximate surface area is 147 Å². The van der Waals surface area contributed by atoms with E-state index in [4.69, 9.17) is 11.6 Å². The third kappa shape index (κ3) is 3.66. The van der Waals surface area contributed by atoms with E-state index in [9.17, 15) is 9.18 Å². The van der Waals surface area contributed by atoms with Gasteiger partial charge in [-0.15, -0.1) is 5.10 Å². The SMILES string of the molecule is C[C@@H](Sc1n[nH]c(-c2ccccc2F)n1)C(=O)c1ccc(Cl)cc1. The van der Waals surface area contributed by atoms with Crippen LogP contribution in [-0.4, -0.2) is 26.2 Å². The molecule has 1 aromatic heterocycles. The molecule has 3 aromatic rings. The first-order chi connectivity index (χ1) is 11.5. The molecule has 4 nitrogen and oxygen atoms in total. The molecule has 1 atom stereocenters. The smallest absolute Gasteiger partial charge is 0.209 e. The molecule has 24 heavy (non-hydrogen) atoms. The van der Waals surface area contributed by atoms with Gasteiger partial charge in [0.1, 0.15) is 5.82 Å². The molecule has 2 aromatic carbocycles. The number of hydrogen-bond acceptors (Lipinski definition) is 4. The summed E-state index contributed by atoms with van der Waals surface area (Å²) in [4.78, 5) is 16.7. The Morgan fingerprint density at radius 3 is 2.62 bits per heavy atom. The molecule has 0 radical (unpaired) electrons. The van der Waals surface area contributed by atoms with Crippen LogP contribution in [0.4, 0.5) is 4.39 Å².